The van der Waals surface area contributed by atoms with Crippen molar-refractivity contribution >= 4 is 11.9 Å². The van der Waals surface area contributed by atoms with Gasteiger partial charge in [-0.15, -0.1) is 0 Å². The Bertz CT molecular complexity index is 359. The molecule has 2 rings (SSSR count). The molecule has 2 fully saturated rings. The Hall–Kier alpha value is -1.14. The topological polar surface area (TPSA) is 70.1 Å². The van der Waals surface area contributed by atoms with Gasteiger partial charge in [0.2, 0.25) is 0 Å². The van der Waals surface area contributed by atoms with Crippen molar-refractivity contribution in [3.05, 3.63) is 0 Å². The second kappa shape index (κ2) is 7.75. The molecule has 6 heteroatoms. The van der Waals surface area contributed by atoms with Gasteiger partial charge in [0.1, 0.15) is 6.10 Å². The predicted octanol–water partition coefficient (Wildman–Crippen LogP) is 0.953. The van der Waals surface area contributed by atoms with Crippen molar-refractivity contribution in [1.82, 2.24) is 9.80 Å². The van der Waals surface area contributed by atoms with Gasteiger partial charge in [0, 0.05) is 19.1 Å². The van der Waals surface area contributed by atoms with E-state index in [1.165, 1.54) is 12.8 Å². The van der Waals surface area contributed by atoms with Crippen LogP contribution in [-0.2, 0) is 14.3 Å². The molecule has 0 atom stereocenters. The fourth-order valence-corrected chi connectivity index (χ4v) is 3.17. The molecule has 1 N–H and O–H groups in total. The van der Waals surface area contributed by atoms with Crippen molar-refractivity contribution in [3.8, 4) is 0 Å². The highest BCUT2D eigenvalue weighted by Gasteiger charge is 2.28. The summed E-state index contributed by atoms with van der Waals surface area (Å²) in [7, 11) is 2.17. The average molecular weight is 298 g/mol. The molecule has 0 spiro atoms. The normalized spacial score (nSPS) is 23.1. The number of aliphatic carboxylic acids is 1. The maximum Gasteiger partial charge on any atom is 0.306 e. The van der Waals surface area contributed by atoms with Crippen LogP contribution < -0.4 is 0 Å². The maximum atomic E-state index is 11.5. The average Bonchev–Trinajstić information content (AvgIpc) is 2.47. The third-order valence-electron chi connectivity index (χ3n) is 4.52. The minimum absolute atomic E-state index is 0.0233. The maximum absolute atomic E-state index is 11.5. The van der Waals surface area contributed by atoms with Crippen LogP contribution in [0, 0.1) is 0 Å². The Labute approximate surface area is 126 Å². The number of ether oxygens (including phenoxy) is 1. The van der Waals surface area contributed by atoms with Crippen molar-refractivity contribution in [1.29, 1.82) is 0 Å². The van der Waals surface area contributed by atoms with Gasteiger partial charge < -0.3 is 19.6 Å². The number of piperidine rings is 2. The van der Waals surface area contributed by atoms with E-state index in [1.54, 1.807) is 0 Å². The number of nitrogens with zero attached hydrogens (tertiary/aromatic N) is 2. The van der Waals surface area contributed by atoms with Gasteiger partial charge in [-0.2, -0.15) is 0 Å². The van der Waals surface area contributed by atoms with E-state index in [0.717, 1.165) is 39.0 Å². The minimum Gasteiger partial charge on any atom is -0.481 e. The number of rotatable bonds is 5. The van der Waals surface area contributed by atoms with E-state index >= 15 is 0 Å². The zero-order chi connectivity index (χ0) is 15.2. The number of carboxylic acid groups (broad SMARTS) is 1. The molecule has 0 aliphatic carbocycles. The van der Waals surface area contributed by atoms with Crippen LogP contribution in [0.15, 0.2) is 0 Å². The first kappa shape index (κ1) is 16.2. The summed E-state index contributed by atoms with van der Waals surface area (Å²) in [5.41, 5.74) is 0. The third kappa shape index (κ3) is 5.28. The summed E-state index contributed by atoms with van der Waals surface area (Å²) in [5.74, 6) is -1.33. The SMILES string of the molecule is CN1CCC(N2CCC(OC(=O)CCC(=O)O)CC2)CC1. The largest absolute Gasteiger partial charge is 0.481 e. The van der Waals surface area contributed by atoms with Crippen molar-refractivity contribution in [2.75, 3.05) is 33.2 Å². The lowest BCUT2D eigenvalue weighted by Crippen LogP contribution is -2.48. The van der Waals surface area contributed by atoms with Crippen LogP contribution >= 0.6 is 0 Å². The van der Waals surface area contributed by atoms with Crippen LogP contribution in [0.3, 0.4) is 0 Å². The highest BCUT2D eigenvalue weighted by atomic mass is 16.5. The Morgan fingerprint density at radius 1 is 1.05 bits per heavy atom. The summed E-state index contributed by atoms with van der Waals surface area (Å²) in [6, 6.07) is 0.671. The minimum atomic E-state index is -0.955. The lowest BCUT2D eigenvalue weighted by atomic mass is 9.99. The molecule has 0 aromatic carbocycles. The summed E-state index contributed by atoms with van der Waals surface area (Å²) in [6.07, 6.45) is 3.97. The molecular formula is C15H26N2O4. The van der Waals surface area contributed by atoms with Crippen LogP contribution in [0.5, 0.6) is 0 Å². The van der Waals surface area contributed by atoms with Gasteiger partial charge in [-0.05, 0) is 45.8 Å². The van der Waals surface area contributed by atoms with Crippen molar-refractivity contribution in [3.63, 3.8) is 0 Å². The van der Waals surface area contributed by atoms with E-state index in [-0.39, 0.29) is 24.9 Å². The smallest absolute Gasteiger partial charge is 0.306 e. The van der Waals surface area contributed by atoms with Crippen LogP contribution in [0.25, 0.3) is 0 Å². The Kier molecular flexibility index (Phi) is 5.99. The molecule has 0 bridgehead atoms. The lowest BCUT2D eigenvalue weighted by Gasteiger charge is -2.40. The van der Waals surface area contributed by atoms with Crippen LogP contribution in [0.2, 0.25) is 0 Å². The molecule has 2 saturated heterocycles. The second-order valence-corrected chi connectivity index (χ2v) is 6.15. The highest BCUT2D eigenvalue weighted by molar-refractivity contribution is 5.76. The van der Waals surface area contributed by atoms with Crippen LogP contribution in [-0.4, -0.2) is 72.2 Å². The van der Waals surface area contributed by atoms with Gasteiger partial charge in [0.25, 0.3) is 0 Å². The quantitative estimate of drug-likeness (QED) is 0.762. The van der Waals surface area contributed by atoms with Gasteiger partial charge in [-0.3, -0.25) is 9.59 Å². The summed E-state index contributed by atoms with van der Waals surface area (Å²) >= 11 is 0. The molecule has 0 aromatic heterocycles. The summed E-state index contributed by atoms with van der Waals surface area (Å²) in [5, 5.41) is 8.55. The van der Waals surface area contributed by atoms with E-state index in [0.29, 0.717) is 6.04 Å². The summed E-state index contributed by atoms with van der Waals surface area (Å²) in [4.78, 5) is 26.8. The molecule has 0 unspecified atom stereocenters. The Balaban J connectivity index is 1.66. The Morgan fingerprint density at radius 3 is 2.24 bits per heavy atom. The van der Waals surface area contributed by atoms with E-state index in [4.69, 9.17) is 9.84 Å². The molecule has 0 amide bonds. The third-order valence-corrected chi connectivity index (χ3v) is 4.52. The molecule has 0 saturated carbocycles. The van der Waals surface area contributed by atoms with E-state index < -0.39 is 5.97 Å². The fraction of sp³-hybridized carbons (Fsp3) is 0.867. The van der Waals surface area contributed by atoms with Crippen LogP contribution in [0.4, 0.5) is 0 Å². The number of carboxylic acids is 1. The number of carbonyl (C=O) groups is 2. The molecule has 2 aliphatic rings. The summed E-state index contributed by atoms with van der Waals surface area (Å²) in [6.45, 7) is 4.28. The van der Waals surface area contributed by atoms with Gasteiger partial charge >= 0.3 is 11.9 Å². The Morgan fingerprint density at radius 2 is 1.67 bits per heavy atom. The molecule has 2 aliphatic heterocycles. The molecule has 0 aromatic rings. The number of hydrogen-bond donors (Lipinski definition) is 1. The molecular weight excluding hydrogens is 272 g/mol. The molecule has 6 nitrogen and oxygen atoms in total. The zero-order valence-corrected chi connectivity index (χ0v) is 12.8. The van der Waals surface area contributed by atoms with Gasteiger partial charge in [-0.1, -0.05) is 0 Å². The van der Waals surface area contributed by atoms with Crippen molar-refractivity contribution in [2.24, 2.45) is 0 Å². The first-order valence-corrected chi connectivity index (χ1v) is 7.88. The van der Waals surface area contributed by atoms with Gasteiger partial charge in [0.05, 0.1) is 12.8 Å². The van der Waals surface area contributed by atoms with Crippen molar-refractivity contribution in [2.45, 2.75) is 50.7 Å². The number of esters is 1. The highest BCUT2D eigenvalue weighted by Crippen LogP contribution is 2.22. The van der Waals surface area contributed by atoms with Crippen molar-refractivity contribution < 1.29 is 19.4 Å². The van der Waals surface area contributed by atoms with Crippen LogP contribution in [0.1, 0.15) is 38.5 Å². The lowest BCUT2D eigenvalue weighted by molar-refractivity contribution is -0.154. The van der Waals surface area contributed by atoms with E-state index in [1.807, 2.05) is 0 Å². The zero-order valence-electron chi connectivity index (χ0n) is 12.8. The number of carbonyl (C=O) groups excluding carboxylic acids is 1. The molecule has 21 heavy (non-hydrogen) atoms. The molecule has 120 valence electrons. The first-order chi connectivity index (χ1) is 10.0. The standard InChI is InChI=1S/C15H26N2O4/c1-16-8-4-12(5-9-16)17-10-6-13(7-11-17)21-15(20)3-2-14(18)19/h12-13H,2-11H2,1H3,(H,18,19). The van der Waals surface area contributed by atoms with Gasteiger partial charge in [0.15, 0.2) is 0 Å². The number of hydrogen-bond acceptors (Lipinski definition) is 5. The molecule has 0 radical (unpaired) electrons. The second-order valence-electron chi connectivity index (χ2n) is 6.15. The van der Waals surface area contributed by atoms with Gasteiger partial charge in [-0.25, -0.2) is 0 Å². The van der Waals surface area contributed by atoms with E-state index in [9.17, 15) is 9.59 Å². The first-order valence-electron chi connectivity index (χ1n) is 7.88. The monoisotopic (exact) mass is 298 g/mol. The fourth-order valence-electron chi connectivity index (χ4n) is 3.17. The summed E-state index contributed by atoms with van der Waals surface area (Å²) < 4.78 is 5.36. The molecule has 2 heterocycles. The predicted molar refractivity (Wildman–Crippen MR) is 78.1 cm³/mol. The number of likely N-dealkylation sites (tertiary alicyclic amines) is 2. The van der Waals surface area contributed by atoms with E-state index in [2.05, 4.69) is 16.8 Å².